The predicted molar refractivity (Wildman–Crippen MR) is 158 cm³/mol. The molecule has 5 aromatic rings. The van der Waals surface area contributed by atoms with Gasteiger partial charge in [-0.1, -0.05) is 24.3 Å². The van der Waals surface area contributed by atoms with Gasteiger partial charge in [-0.15, -0.1) is 5.10 Å². The zero-order valence-corrected chi connectivity index (χ0v) is 23.9. The first-order valence-corrected chi connectivity index (χ1v) is 13.2. The minimum Gasteiger partial charge on any atom is -0.494 e. The second-order valence-electron chi connectivity index (χ2n) is 9.94. The lowest BCUT2D eigenvalue weighted by Gasteiger charge is -2.15. The van der Waals surface area contributed by atoms with Crippen molar-refractivity contribution >= 4 is 22.8 Å². The van der Waals surface area contributed by atoms with Crippen LogP contribution in [0.15, 0.2) is 76.3 Å². The van der Waals surface area contributed by atoms with E-state index in [0.717, 1.165) is 9.13 Å². The van der Waals surface area contributed by atoms with Crippen molar-refractivity contribution < 1.29 is 18.3 Å². The van der Waals surface area contributed by atoms with Crippen LogP contribution in [0, 0.1) is 11.6 Å². The van der Waals surface area contributed by atoms with Gasteiger partial charge in [0.2, 0.25) is 0 Å². The van der Waals surface area contributed by atoms with Crippen molar-refractivity contribution in [3.63, 3.8) is 0 Å². The molecule has 222 valence electrons. The summed E-state index contributed by atoms with van der Waals surface area (Å²) in [5.41, 5.74) is -0.377. The number of nitrogens with zero attached hydrogens (tertiary/aromatic N) is 5. The monoisotopic (exact) mass is 589 g/mol. The third-order valence-corrected chi connectivity index (χ3v) is 6.81. The fourth-order valence-electron chi connectivity index (χ4n) is 4.78. The SMILES string of the molecule is CNC(=O)Nc1ccc(-n2nc3c(c2CN(C)C)c(=O)n(-c2cccc(OC)c2F)c(=O)n3Cc2ccccc2F)cc1. The Morgan fingerprint density at radius 1 is 1.00 bits per heavy atom. The second-order valence-corrected chi connectivity index (χ2v) is 9.94. The number of hydrogen-bond donors (Lipinski definition) is 2. The number of fused-ring (bicyclic) bond motifs is 1. The van der Waals surface area contributed by atoms with E-state index in [1.54, 1.807) is 44.4 Å². The molecule has 0 aliphatic carbocycles. The van der Waals surface area contributed by atoms with Crippen LogP contribution < -0.4 is 26.6 Å². The van der Waals surface area contributed by atoms with Crippen LogP contribution in [0.4, 0.5) is 19.3 Å². The predicted octanol–water partition coefficient (Wildman–Crippen LogP) is 3.49. The van der Waals surface area contributed by atoms with E-state index in [4.69, 9.17) is 4.74 Å². The van der Waals surface area contributed by atoms with E-state index in [0.29, 0.717) is 17.1 Å². The van der Waals surface area contributed by atoms with Gasteiger partial charge in [0.1, 0.15) is 11.2 Å². The number of carbonyl (C=O) groups is 1. The standard InChI is InChI=1S/C30H29F2N7O4/c1-33-29(41)34-19-12-14-20(15-13-19)39-23(17-36(2)3)25-27(35-39)37(16-18-8-5-6-9-21(18)31)30(42)38(28(25)40)22-10-7-11-24(43-4)26(22)32/h5-15H,16-17H2,1-4H3,(H2,33,34,41). The molecule has 13 heteroatoms. The van der Waals surface area contributed by atoms with Crippen molar-refractivity contribution in [3.8, 4) is 17.1 Å². The Morgan fingerprint density at radius 2 is 1.72 bits per heavy atom. The Kier molecular flexibility index (Phi) is 8.08. The highest BCUT2D eigenvalue weighted by atomic mass is 19.1. The van der Waals surface area contributed by atoms with Gasteiger partial charge in [0.15, 0.2) is 17.2 Å². The summed E-state index contributed by atoms with van der Waals surface area (Å²) in [5, 5.41) is 9.89. The minimum absolute atomic E-state index is 0.00206. The molecule has 2 heterocycles. The van der Waals surface area contributed by atoms with Gasteiger partial charge in [-0.25, -0.2) is 27.6 Å². The maximum atomic E-state index is 15.5. The van der Waals surface area contributed by atoms with E-state index in [-0.39, 0.29) is 41.1 Å². The van der Waals surface area contributed by atoms with E-state index in [1.807, 2.05) is 4.90 Å². The number of hydrogen-bond acceptors (Lipinski definition) is 6. The number of halogens is 2. The van der Waals surface area contributed by atoms with E-state index in [2.05, 4.69) is 15.7 Å². The average Bonchev–Trinajstić information content (AvgIpc) is 3.35. The first-order chi connectivity index (χ1) is 20.6. The summed E-state index contributed by atoms with van der Waals surface area (Å²) in [7, 11) is 6.38. The van der Waals surface area contributed by atoms with Crippen LogP contribution in [0.1, 0.15) is 11.3 Å². The van der Waals surface area contributed by atoms with Gasteiger partial charge in [0, 0.05) is 24.8 Å². The quantitative estimate of drug-likeness (QED) is 0.287. The van der Waals surface area contributed by atoms with Gasteiger partial charge < -0.3 is 20.3 Å². The molecular formula is C30H29F2N7O4. The number of anilines is 1. The summed E-state index contributed by atoms with van der Waals surface area (Å²) in [4.78, 5) is 41.8. The minimum atomic E-state index is -0.904. The van der Waals surface area contributed by atoms with Crippen LogP contribution in [-0.2, 0) is 13.1 Å². The molecule has 2 amide bonds. The molecule has 0 bridgehead atoms. The molecule has 43 heavy (non-hydrogen) atoms. The Bertz CT molecular complexity index is 1950. The van der Waals surface area contributed by atoms with Crippen LogP contribution in [0.3, 0.4) is 0 Å². The number of aromatic nitrogens is 4. The molecule has 0 unspecified atom stereocenters. The Labute approximate surface area is 244 Å². The molecule has 0 atom stereocenters. The van der Waals surface area contributed by atoms with Gasteiger partial charge in [-0.2, -0.15) is 0 Å². The fraction of sp³-hybridized carbons (Fsp3) is 0.200. The van der Waals surface area contributed by atoms with Crippen LogP contribution in [0.5, 0.6) is 5.75 Å². The van der Waals surface area contributed by atoms with Crippen molar-refractivity contribution in [2.75, 3.05) is 33.6 Å². The molecule has 11 nitrogen and oxygen atoms in total. The van der Waals surface area contributed by atoms with Crippen molar-refractivity contribution in [1.29, 1.82) is 0 Å². The highest BCUT2D eigenvalue weighted by Gasteiger charge is 2.26. The Morgan fingerprint density at radius 3 is 2.37 bits per heavy atom. The molecule has 2 aromatic heterocycles. The van der Waals surface area contributed by atoms with Crippen molar-refractivity contribution in [1.82, 2.24) is 29.1 Å². The molecule has 0 saturated heterocycles. The first kappa shape index (κ1) is 29.2. The molecule has 2 N–H and O–H groups in total. The molecule has 0 saturated carbocycles. The number of benzene rings is 3. The maximum absolute atomic E-state index is 15.5. The summed E-state index contributed by atoms with van der Waals surface area (Å²) in [6.07, 6.45) is 0. The Hall–Kier alpha value is -5.30. The van der Waals surface area contributed by atoms with E-state index in [1.165, 1.54) is 55.2 Å². The third kappa shape index (κ3) is 5.49. The lowest BCUT2D eigenvalue weighted by Crippen LogP contribution is -2.40. The van der Waals surface area contributed by atoms with Crippen LogP contribution in [0.2, 0.25) is 0 Å². The lowest BCUT2D eigenvalue weighted by molar-refractivity contribution is 0.254. The van der Waals surface area contributed by atoms with Gasteiger partial charge in [0.25, 0.3) is 5.56 Å². The summed E-state index contributed by atoms with van der Waals surface area (Å²) in [6.45, 7) is -0.0657. The molecule has 0 fully saturated rings. The highest BCUT2D eigenvalue weighted by molar-refractivity contribution is 5.89. The van der Waals surface area contributed by atoms with Crippen LogP contribution in [-0.4, -0.2) is 58.1 Å². The fourth-order valence-corrected chi connectivity index (χ4v) is 4.78. The average molecular weight is 590 g/mol. The van der Waals surface area contributed by atoms with E-state index < -0.39 is 28.9 Å². The summed E-state index contributed by atoms with van der Waals surface area (Å²) < 4.78 is 38.8. The molecular weight excluding hydrogens is 560 g/mol. The van der Waals surface area contributed by atoms with Gasteiger partial charge in [-0.05, 0) is 56.6 Å². The zero-order valence-electron chi connectivity index (χ0n) is 23.9. The van der Waals surface area contributed by atoms with Gasteiger partial charge in [-0.3, -0.25) is 9.36 Å². The number of nitrogens with one attached hydrogen (secondary N) is 2. The number of urea groups is 1. The number of amides is 2. The van der Waals surface area contributed by atoms with Crippen molar-refractivity contribution in [2.45, 2.75) is 13.1 Å². The summed E-state index contributed by atoms with van der Waals surface area (Å²) >= 11 is 0. The zero-order chi connectivity index (χ0) is 30.8. The van der Waals surface area contributed by atoms with E-state index in [9.17, 15) is 18.8 Å². The van der Waals surface area contributed by atoms with Gasteiger partial charge >= 0.3 is 11.7 Å². The molecule has 5 rings (SSSR count). The molecule has 0 radical (unpaired) electrons. The molecule has 0 spiro atoms. The summed E-state index contributed by atoms with van der Waals surface area (Å²) in [5.74, 6) is -1.61. The van der Waals surface area contributed by atoms with Gasteiger partial charge in [0.05, 0.1) is 30.7 Å². The smallest absolute Gasteiger partial charge is 0.337 e. The van der Waals surface area contributed by atoms with E-state index >= 15 is 4.39 Å². The topological polar surface area (TPSA) is 115 Å². The summed E-state index contributed by atoms with van der Waals surface area (Å²) in [6, 6.07) is 16.4. The van der Waals surface area contributed by atoms with Crippen LogP contribution >= 0.6 is 0 Å². The lowest BCUT2D eigenvalue weighted by atomic mass is 10.2. The number of ether oxygens (including phenoxy) is 1. The number of methoxy groups -OCH3 is 1. The Balaban J connectivity index is 1.84. The second kappa shape index (κ2) is 11.9. The maximum Gasteiger partial charge on any atom is 0.337 e. The molecule has 0 aliphatic heterocycles. The largest absolute Gasteiger partial charge is 0.494 e. The molecule has 3 aromatic carbocycles. The number of rotatable bonds is 8. The normalized spacial score (nSPS) is 11.2. The van der Waals surface area contributed by atoms with Crippen LogP contribution in [0.25, 0.3) is 22.4 Å². The molecule has 0 aliphatic rings. The van der Waals surface area contributed by atoms with Crippen molar-refractivity contribution in [2.24, 2.45) is 0 Å². The first-order valence-electron chi connectivity index (χ1n) is 13.2. The van der Waals surface area contributed by atoms with Crippen molar-refractivity contribution in [3.05, 3.63) is 110 Å². The highest BCUT2D eigenvalue weighted by Crippen LogP contribution is 2.25. The third-order valence-electron chi connectivity index (χ3n) is 6.81. The number of carbonyl (C=O) groups excluding carboxylic acids is 1.